The van der Waals surface area contributed by atoms with E-state index in [0.717, 1.165) is 21.7 Å². The topological polar surface area (TPSA) is 97.3 Å². The molecule has 0 aromatic heterocycles. The number of methoxy groups -OCH3 is 1. The molecule has 0 atom stereocenters. The minimum absolute atomic E-state index is 0.155. The van der Waals surface area contributed by atoms with Crippen LogP contribution in [-0.4, -0.2) is 40.4 Å². The van der Waals surface area contributed by atoms with Gasteiger partial charge in [0.25, 0.3) is 5.91 Å². The number of hydrogen-bond donors (Lipinski definition) is 1. The molecule has 35 heavy (non-hydrogen) atoms. The lowest BCUT2D eigenvalue weighted by Crippen LogP contribution is -2.39. The molecule has 3 aromatic carbocycles. The van der Waals surface area contributed by atoms with Gasteiger partial charge in [-0.05, 0) is 60.5 Å². The van der Waals surface area contributed by atoms with Gasteiger partial charge in [0.2, 0.25) is 10.0 Å². The van der Waals surface area contributed by atoms with Crippen LogP contribution in [0.15, 0.2) is 71.8 Å². The molecule has 0 fully saturated rings. The van der Waals surface area contributed by atoms with Crippen molar-refractivity contribution < 1.29 is 22.7 Å². The fourth-order valence-electron chi connectivity index (χ4n) is 3.08. The van der Waals surface area contributed by atoms with Gasteiger partial charge in [0.1, 0.15) is 24.7 Å². The van der Waals surface area contributed by atoms with E-state index >= 15 is 0 Å². The maximum Gasteiger partial charge on any atom is 0.260 e. The van der Waals surface area contributed by atoms with Crippen LogP contribution in [0.3, 0.4) is 0 Å². The quantitative estimate of drug-likeness (QED) is 0.323. The zero-order valence-electron chi connectivity index (χ0n) is 19.6. The van der Waals surface area contributed by atoms with Crippen LogP contribution >= 0.6 is 11.6 Å². The van der Waals surface area contributed by atoms with Gasteiger partial charge in [-0.2, -0.15) is 5.10 Å². The predicted octanol–water partition coefficient (Wildman–Crippen LogP) is 4.15. The number of rotatable bonds is 10. The van der Waals surface area contributed by atoms with Gasteiger partial charge in [-0.25, -0.2) is 13.8 Å². The Morgan fingerprint density at radius 2 is 1.77 bits per heavy atom. The maximum atomic E-state index is 12.4. The van der Waals surface area contributed by atoms with E-state index in [4.69, 9.17) is 21.1 Å². The summed E-state index contributed by atoms with van der Waals surface area (Å²) in [6.45, 7) is 1.99. The predicted molar refractivity (Wildman–Crippen MR) is 138 cm³/mol. The summed E-state index contributed by atoms with van der Waals surface area (Å²) in [4.78, 5) is 12.4. The standard InChI is InChI=1S/C25H26ClN3O5S/c1-18-4-6-20(7-5-18)17-34-22-11-8-19(9-12-22)15-27-28-25(30)16-29(35(3,31)32)23-14-21(26)10-13-24(23)33-2/h4-15H,16-17H2,1-3H3,(H,28,30)/b27-15-. The fourth-order valence-corrected chi connectivity index (χ4v) is 4.10. The number of hydrogen-bond acceptors (Lipinski definition) is 6. The summed E-state index contributed by atoms with van der Waals surface area (Å²) in [6.07, 6.45) is 2.44. The Hall–Kier alpha value is -3.56. The molecule has 0 saturated carbocycles. The monoisotopic (exact) mass is 515 g/mol. The molecule has 0 spiro atoms. The van der Waals surface area contributed by atoms with Gasteiger partial charge in [-0.15, -0.1) is 0 Å². The first-order valence-electron chi connectivity index (χ1n) is 10.6. The molecule has 0 aliphatic rings. The van der Waals surface area contributed by atoms with Crippen LogP contribution in [0.5, 0.6) is 11.5 Å². The van der Waals surface area contributed by atoms with E-state index in [1.807, 2.05) is 31.2 Å². The van der Waals surface area contributed by atoms with Gasteiger partial charge in [-0.3, -0.25) is 9.10 Å². The number of amides is 1. The molecule has 184 valence electrons. The Bertz CT molecular complexity index is 1290. The fraction of sp³-hybridized carbons (Fsp3) is 0.200. The van der Waals surface area contributed by atoms with Crippen molar-refractivity contribution in [3.05, 3.63) is 88.4 Å². The number of carbonyl (C=O) groups excluding carboxylic acids is 1. The second-order valence-electron chi connectivity index (χ2n) is 7.72. The van der Waals surface area contributed by atoms with Crippen molar-refractivity contribution in [3.8, 4) is 11.5 Å². The van der Waals surface area contributed by atoms with Gasteiger partial charge >= 0.3 is 0 Å². The molecule has 0 saturated heterocycles. The van der Waals surface area contributed by atoms with Crippen molar-refractivity contribution in [2.24, 2.45) is 5.10 Å². The normalized spacial score (nSPS) is 11.3. The van der Waals surface area contributed by atoms with E-state index < -0.39 is 22.5 Å². The van der Waals surface area contributed by atoms with E-state index in [0.29, 0.717) is 17.4 Å². The SMILES string of the molecule is COc1ccc(Cl)cc1N(CC(=O)N/N=C\c1ccc(OCc2ccc(C)cc2)cc1)S(C)(=O)=O. The van der Waals surface area contributed by atoms with Crippen molar-refractivity contribution in [1.29, 1.82) is 0 Å². The third-order valence-electron chi connectivity index (χ3n) is 4.91. The molecule has 8 nitrogen and oxygen atoms in total. The van der Waals surface area contributed by atoms with Crippen LogP contribution in [0.25, 0.3) is 0 Å². The smallest absolute Gasteiger partial charge is 0.260 e. The lowest BCUT2D eigenvalue weighted by molar-refractivity contribution is -0.119. The molecular weight excluding hydrogens is 490 g/mol. The second-order valence-corrected chi connectivity index (χ2v) is 10.1. The van der Waals surface area contributed by atoms with Crippen LogP contribution in [0.1, 0.15) is 16.7 Å². The highest BCUT2D eigenvalue weighted by molar-refractivity contribution is 7.92. The van der Waals surface area contributed by atoms with Crippen molar-refractivity contribution >= 4 is 39.4 Å². The van der Waals surface area contributed by atoms with E-state index in [1.54, 1.807) is 30.3 Å². The number of aryl methyl sites for hydroxylation is 1. The van der Waals surface area contributed by atoms with E-state index in [1.165, 1.54) is 31.0 Å². The lowest BCUT2D eigenvalue weighted by atomic mass is 10.2. The summed E-state index contributed by atoms with van der Waals surface area (Å²) >= 11 is 6.01. The molecule has 3 rings (SSSR count). The van der Waals surface area contributed by atoms with Crippen molar-refractivity contribution in [3.63, 3.8) is 0 Å². The highest BCUT2D eigenvalue weighted by atomic mass is 35.5. The van der Waals surface area contributed by atoms with Crippen molar-refractivity contribution in [2.75, 3.05) is 24.2 Å². The molecule has 0 heterocycles. The molecule has 0 bridgehead atoms. The summed E-state index contributed by atoms with van der Waals surface area (Å²) in [5.74, 6) is 0.332. The van der Waals surface area contributed by atoms with Gasteiger partial charge < -0.3 is 9.47 Å². The number of anilines is 1. The highest BCUT2D eigenvalue weighted by Gasteiger charge is 2.24. The van der Waals surface area contributed by atoms with E-state index in [9.17, 15) is 13.2 Å². The van der Waals surface area contributed by atoms with E-state index in [2.05, 4.69) is 10.5 Å². The molecule has 0 unspecified atom stereocenters. The summed E-state index contributed by atoms with van der Waals surface area (Å²) in [7, 11) is -2.40. The number of sulfonamides is 1. The Kier molecular flexibility index (Phi) is 8.73. The van der Waals surface area contributed by atoms with Gasteiger partial charge in [0.15, 0.2) is 0 Å². The first kappa shape index (κ1) is 26.1. The van der Waals surface area contributed by atoms with Crippen molar-refractivity contribution in [2.45, 2.75) is 13.5 Å². The number of halogens is 1. The Balaban J connectivity index is 1.58. The van der Waals surface area contributed by atoms with E-state index in [-0.39, 0.29) is 11.4 Å². The molecule has 0 aliphatic carbocycles. The maximum absolute atomic E-state index is 12.4. The first-order valence-corrected chi connectivity index (χ1v) is 12.8. The number of benzene rings is 3. The summed E-state index contributed by atoms with van der Waals surface area (Å²) < 4.78 is 36.6. The van der Waals surface area contributed by atoms with Crippen molar-refractivity contribution in [1.82, 2.24) is 5.43 Å². The zero-order valence-corrected chi connectivity index (χ0v) is 21.1. The molecule has 0 aliphatic heterocycles. The molecular formula is C25H26ClN3O5S. The molecule has 1 N–H and O–H groups in total. The van der Waals surface area contributed by atoms with Crippen LogP contribution < -0.4 is 19.2 Å². The van der Waals surface area contributed by atoms with Gasteiger partial charge in [-0.1, -0.05) is 41.4 Å². The van der Waals surface area contributed by atoms with Gasteiger partial charge in [0, 0.05) is 5.02 Å². The van der Waals surface area contributed by atoms with Crippen LogP contribution in [0, 0.1) is 6.92 Å². The minimum Gasteiger partial charge on any atom is -0.495 e. The molecule has 0 radical (unpaired) electrons. The number of carbonyl (C=O) groups is 1. The first-order chi connectivity index (χ1) is 16.7. The summed E-state index contributed by atoms with van der Waals surface area (Å²) in [6, 6.07) is 19.8. The van der Waals surface area contributed by atoms with Crippen LogP contribution in [-0.2, 0) is 21.4 Å². The second kappa shape index (κ2) is 11.7. The van der Waals surface area contributed by atoms with Crippen LogP contribution in [0.2, 0.25) is 5.02 Å². The zero-order chi connectivity index (χ0) is 25.4. The third-order valence-corrected chi connectivity index (χ3v) is 6.27. The molecule has 10 heteroatoms. The van der Waals surface area contributed by atoms with Gasteiger partial charge in [0.05, 0.1) is 25.3 Å². The summed E-state index contributed by atoms with van der Waals surface area (Å²) in [5, 5.41) is 4.22. The average Bonchev–Trinajstić information content (AvgIpc) is 2.82. The number of hydrazone groups is 1. The number of nitrogens with one attached hydrogen (secondary N) is 1. The molecule has 1 amide bonds. The minimum atomic E-state index is -3.80. The molecule has 3 aromatic rings. The number of nitrogens with zero attached hydrogens (tertiary/aromatic N) is 2. The highest BCUT2D eigenvalue weighted by Crippen LogP contribution is 2.32. The van der Waals surface area contributed by atoms with Crippen LogP contribution in [0.4, 0.5) is 5.69 Å². The summed E-state index contributed by atoms with van der Waals surface area (Å²) in [5.41, 5.74) is 5.49. The Morgan fingerprint density at radius 1 is 1.09 bits per heavy atom. The Labute approximate surface area is 210 Å². The average molecular weight is 516 g/mol. The largest absolute Gasteiger partial charge is 0.495 e. The number of ether oxygens (including phenoxy) is 2. The lowest BCUT2D eigenvalue weighted by Gasteiger charge is -2.23. The Morgan fingerprint density at radius 3 is 2.40 bits per heavy atom. The third kappa shape index (κ3) is 7.73.